The molecule has 2 rings (SSSR count). The highest BCUT2D eigenvalue weighted by molar-refractivity contribution is 7.12. The van der Waals surface area contributed by atoms with E-state index < -0.39 is 12.0 Å². The van der Waals surface area contributed by atoms with Gasteiger partial charge in [-0.1, -0.05) is 0 Å². The van der Waals surface area contributed by atoms with Crippen molar-refractivity contribution in [2.45, 2.75) is 38.8 Å². The molecule has 1 unspecified atom stereocenters. The van der Waals surface area contributed by atoms with Gasteiger partial charge in [0.15, 0.2) is 0 Å². The number of thiophene rings is 1. The number of carbonyl (C=O) groups is 2. The fourth-order valence-corrected chi connectivity index (χ4v) is 3.49. The fraction of sp³-hybridized carbons (Fsp3) is 0.538. The van der Waals surface area contributed by atoms with E-state index in [4.69, 9.17) is 5.11 Å². The SMILES string of the molecule is CC(=O)NC(CNCc1cc2c(s1)CCC2)C(=O)O. The minimum Gasteiger partial charge on any atom is -0.480 e. The molecule has 0 aromatic carbocycles. The average molecular weight is 282 g/mol. The van der Waals surface area contributed by atoms with Crippen molar-refractivity contribution >= 4 is 23.2 Å². The topological polar surface area (TPSA) is 78.4 Å². The highest BCUT2D eigenvalue weighted by Gasteiger charge is 2.18. The Bertz CT molecular complexity index is 463. The first-order valence-electron chi connectivity index (χ1n) is 6.37. The largest absolute Gasteiger partial charge is 0.480 e. The van der Waals surface area contributed by atoms with Gasteiger partial charge in [0.1, 0.15) is 6.04 Å². The molecule has 0 spiro atoms. The van der Waals surface area contributed by atoms with Gasteiger partial charge in [0.25, 0.3) is 0 Å². The lowest BCUT2D eigenvalue weighted by molar-refractivity contribution is -0.141. The number of hydrogen-bond acceptors (Lipinski definition) is 4. The summed E-state index contributed by atoms with van der Waals surface area (Å²) in [4.78, 5) is 24.5. The quantitative estimate of drug-likeness (QED) is 0.725. The van der Waals surface area contributed by atoms with E-state index in [1.165, 1.54) is 35.1 Å². The predicted octanol–water partition coefficient (Wildman–Crippen LogP) is 0.916. The zero-order chi connectivity index (χ0) is 13.8. The second-order valence-corrected chi connectivity index (χ2v) is 5.96. The number of amides is 1. The lowest BCUT2D eigenvalue weighted by atomic mass is 10.2. The van der Waals surface area contributed by atoms with Crippen LogP contribution in [0.4, 0.5) is 0 Å². The maximum absolute atomic E-state index is 10.9. The number of carboxylic acid groups (broad SMARTS) is 1. The fourth-order valence-electron chi connectivity index (χ4n) is 2.26. The zero-order valence-electron chi connectivity index (χ0n) is 10.9. The smallest absolute Gasteiger partial charge is 0.327 e. The molecule has 104 valence electrons. The first-order chi connectivity index (χ1) is 9.06. The molecule has 0 fully saturated rings. The second kappa shape index (κ2) is 6.16. The number of carbonyl (C=O) groups excluding carboxylic acids is 1. The molecule has 1 aromatic heterocycles. The Morgan fingerprint density at radius 2 is 2.26 bits per heavy atom. The highest BCUT2D eigenvalue weighted by Crippen LogP contribution is 2.30. The molecule has 3 N–H and O–H groups in total. The van der Waals surface area contributed by atoms with Gasteiger partial charge in [0, 0.05) is 29.8 Å². The third kappa shape index (κ3) is 3.78. The Balaban J connectivity index is 1.81. The molecule has 1 aliphatic rings. The van der Waals surface area contributed by atoms with E-state index in [9.17, 15) is 9.59 Å². The van der Waals surface area contributed by atoms with Crippen molar-refractivity contribution in [3.63, 3.8) is 0 Å². The third-order valence-corrected chi connectivity index (χ3v) is 4.36. The van der Waals surface area contributed by atoms with Gasteiger partial charge in [0.2, 0.25) is 5.91 Å². The van der Waals surface area contributed by atoms with Crippen molar-refractivity contribution in [2.75, 3.05) is 6.54 Å². The molecule has 5 nitrogen and oxygen atoms in total. The summed E-state index contributed by atoms with van der Waals surface area (Å²) in [5.41, 5.74) is 1.44. The van der Waals surface area contributed by atoms with Crippen LogP contribution in [0.1, 0.15) is 28.7 Å². The highest BCUT2D eigenvalue weighted by atomic mass is 32.1. The number of carboxylic acids is 1. The van der Waals surface area contributed by atoms with Crippen molar-refractivity contribution in [2.24, 2.45) is 0 Å². The van der Waals surface area contributed by atoms with E-state index in [-0.39, 0.29) is 12.5 Å². The van der Waals surface area contributed by atoms with Crippen molar-refractivity contribution in [3.8, 4) is 0 Å². The van der Waals surface area contributed by atoms with Gasteiger partial charge in [0.05, 0.1) is 0 Å². The number of fused-ring (bicyclic) bond motifs is 1. The summed E-state index contributed by atoms with van der Waals surface area (Å²) in [6, 6.07) is 1.33. The molecular weight excluding hydrogens is 264 g/mol. The lowest BCUT2D eigenvalue weighted by Gasteiger charge is -2.13. The van der Waals surface area contributed by atoms with Crippen LogP contribution in [0.25, 0.3) is 0 Å². The van der Waals surface area contributed by atoms with E-state index >= 15 is 0 Å². The lowest BCUT2D eigenvalue weighted by Crippen LogP contribution is -2.46. The van der Waals surface area contributed by atoms with Crippen molar-refractivity contribution < 1.29 is 14.7 Å². The Morgan fingerprint density at radius 1 is 1.47 bits per heavy atom. The maximum Gasteiger partial charge on any atom is 0.327 e. The van der Waals surface area contributed by atoms with Gasteiger partial charge in [-0.2, -0.15) is 0 Å². The number of hydrogen-bond donors (Lipinski definition) is 3. The Hall–Kier alpha value is -1.40. The molecule has 1 aromatic rings. The molecule has 1 atom stereocenters. The van der Waals surface area contributed by atoms with Crippen LogP contribution in [0.3, 0.4) is 0 Å². The van der Waals surface area contributed by atoms with Crippen LogP contribution in [0.15, 0.2) is 6.07 Å². The summed E-state index contributed by atoms with van der Waals surface area (Å²) in [5.74, 6) is -1.35. The molecule has 0 saturated carbocycles. The Morgan fingerprint density at radius 3 is 2.89 bits per heavy atom. The van der Waals surface area contributed by atoms with E-state index in [2.05, 4.69) is 16.7 Å². The van der Waals surface area contributed by atoms with Crippen molar-refractivity contribution in [1.82, 2.24) is 10.6 Å². The zero-order valence-corrected chi connectivity index (χ0v) is 11.7. The van der Waals surface area contributed by atoms with Crippen LogP contribution in [0.2, 0.25) is 0 Å². The van der Waals surface area contributed by atoms with Gasteiger partial charge in [-0.25, -0.2) is 4.79 Å². The van der Waals surface area contributed by atoms with Crippen LogP contribution in [0.5, 0.6) is 0 Å². The first-order valence-corrected chi connectivity index (χ1v) is 7.19. The summed E-state index contributed by atoms with van der Waals surface area (Å²) < 4.78 is 0. The van der Waals surface area contributed by atoms with Gasteiger partial charge < -0.3 is 15.7 Å². The Labute approximate surface area is 116 Å². The summed E-state index contributed by atoms with van der Waals surface area (Å²) in [6.07, 6.45) is 3.58. The molecule has 0 radical (unpaired) electrons. The number of aliphatic carboxylic acids is 1. The van der Waals surface area contributed by atoms with Crippen LogP contribution >= 0.6 is 11.3 Å². The number of aryl methyl sites for hydroxylation is 2. The summed E-state index contributed by atoms with van der Waals surface area (Å²) in [7, 11) is 0. The average Bonchev–Trinajstić information content (AvgIpc) is 2.87. The van der Waals surface area contributed by atoms with Crippen molar-refractivity contribution in [1.29, 1.82) is 0 Å². The van der Waals surface area contributed by atoms with Crippen LogP contribution in [-0.2, 0) is 29.0 Å². The number of nitrogens with one attached hydrogen (secondary N) is 2. The molecule has 1 amide bonds. The maximum atomic E-state index is 10.9. The summed E-state index contributed by atoms with van der Waals surface area (Å²) >= 11 is 1.80. The third-order valence-electron chi connectivity index (χ3n) is 3.12. The molecule has 6 heteroatoms. The summed E-state index contributed by atoms with van der Waals surface area (Å²) in [5, 5.41) is 14.5. The van der Waals surface area contributed by atoms with E-state index in [0.29, 0.717) is 6.54 Å². The second-order valence-electron chi connectivity index (χ2n) is 4.74. The standard InChI is InChI=1S/C13H18N2O3S/c1-8(16)15-11(13(17)18)7-14-6-10-5-9-3-2-4-12(9)19-10/h5,11,14H,2-4,6-7H2,1H3,(H,15,16)(H,17,18). The molecule has 0 saturated heterocycles. The van der Waals surface area contributed by atoms with Crippen molar-refractivity contribution in [3.05, 3.63) is 21.4 Å². The predicted molar refractivity (Wildman–Crippen MR) is 73.3 cm³/mol. The number of rotatable bonds is 6. The van der Waals surface area contributed by atoms with E-state index in [0.717, 1.165) is 6.42 Å². The van der Waals surface area contributed by atoms with Gasteiger partial charge >= 0.3 is 5.97 Å². The van der Waals surface area contributed by atoms with E-state index in [1.807, 2.05) is 0 Å². The van der Waals surface area contributed by atoms with Gasteiger partial charge in [-0.3, -0.25) is 4.79 Å². The van der Waals surface area contributed by atoms with E-state index in [1.54, 1.807) is 11.3 Å². The minimum absolute atomic E-state index is 0.234. The Kier molecular flexibility index (Phi) is 4.55. The van der Waals surface area contributed by atoms with Gasteiger partial charge in [-0.05, 0) is 30.9 Å². The van der Waals surface area contributed by atoms with Gasteiger partial charge in [-0.15, -0.1) is 11.3 Å². The van der Waals surface area contributed by atoms with Crippen LogP contribution in [0, 0.1) is 0 Å². The molecule has 0 bridgehead atoms. The molecule has 1 heterocycles. The molecule has 19 heavy (non-hydrogen) atoms. The monoisotopic (exact) mass is 282 g/mol. The normalized spacial score (nSPS) is 15.0. The van der Waals surface area contributed by atoms with Crippen LogP contribution < -0.4 is 10.6 Å². The molecule has 1 aliphatic carbocycles. The summed E-state index contributed by atoms with van der Waals surface area (Å²) in [6.45, 7) is 2.21. The minimum atomic E-state index is -1.02. The molecular formula is C13H18N2O3S. The first kappa shape index (κ1) is 14.0. The van der Waals surface area contributed by atoms with Crippen LogP contribution in [-0.4, -0.2) is 29.6 Å². The molecule has 0 aliphatic heterocycles.